The first-order chi connectivity index (χ1) is 16.8. The van der Waals surface area contributed by atoms with Crippen LogP contribution in [0.15, 0.2) is 24.3 Å². The molecule has 0 bridgehead atoms. The van der Waals surface area contributed by atoms with Crippen LogP contribution in [0.25, 0.3) is 0 Å². The van der Waals surface area contributed by atoms with E-state index in [1.165, 1.54) is 128 Å². The Bertz CT molecular complexity index is 454. The van der Waals surface area contributed by atoms with Gasteiger partial charge in [0.2, 0.25) is 5.91 Å². The Morgan fingerprint density at radius 3 is 1.47 bits per heavy atom. The van der Waals surface area contributed by atoms with Crippen molar-refractivity contribution >= 4 is 5.91 Å². The summed E-state index contributed by atoms with van der Waals surface area (Å²) in [5.74, 6) is 0.258. The maximum absolute atomic E-state index is 12.0. The molecule has 2 heteroatoms. The molecule has 0 saturated carbocycles. The summed E-state index contributed by atoms with van der Waals surface area (Å²) in [4.78, 5) is 12.0. The number of amides is 1. The molecule has 0 fully saturated rings. The fourth-order valence-corrected chi connectivity index (χ4v) is 4.38. The van der Waals surface area contributed by atoms with E-state index in [-0.39, 0.29) is 5.91 Å². The van der Waals surface area contributed by atoms with Gasteiger partial charge in [-0.15, -0.1) is 0 Å². The van der Waals surface area contributed by atoms with E-state index in [0.717, 1.165) is 25.8 Å². The van der Waals surface area contributed by atoms with Gasteiger partial charge in [0.15, 0.2) is 0 Å². The zero-order valence-electron chi connectivity index (χ0n) is 23.4. The van der Waals surface area contributed by atoms with Gasteiger partial charge in [0.1, 0.15) is 0 Å². The minimum absolute atomic E-state index is 0.258. The second-order valence-corrected chi connectivity index (χ2v) is 10.2. The molecular formula is C32H61NO. The fourth-order valence-electron chi connectivity index (χ4n) is 4.38. The van der Waals surface area contributed by atoms with Gasteiger partial charge in [0.25, 0.3) is 0 Å². The first-order valence-corrected chi connectivity index (χ1v) is 15.4. The third-order valence-electron chi connectivity index (χ3n) is 6.71. The van der Waals surface area contributed by atoms with Crippen LogP contribution in [0.3, 0.4) is 0 Å². The number of hydrogen-bond acceptors (Lipinski definition) is 1. The fraction of sp³-hybridized carbons (Fsp3) is 0.844. The van der Waals surface area contributed by atoms with E-state index in [4.69, 9.17) is 0 Å². The molecule has 0 aliphatic rings. The highest BCUT2D eigenvalue weighted by Gasteiger charge is 2.00. The zero-order valence-corrected chi connectivity index (χ0v) is 23.4. The predicted molar refractivity (Wildman–Crippen MR) is 153 cm³/mol. The first-order valence-electron chi connectivity index (χ1n) is 15.4. The number of hydrogen-bond donors (Lipinski definition) is 1. The lowest BCUT2D eigenvalue weighted by Crippen LogP contribution is -2.23. The van der Waals surface area contributed by atoms with Crippen molar-refractivity contribution in [3.63, 3.8) is 0 Å². The van der Waals surface area contributed by atoms with Crippen LogP contribution in [0.4, 0.5) is 0 Å². The monoisotopic (exact) mass is 475 g/mol. The number of allylic oxidation sites excluding steroid dienone is 4. The third-order valence-corrected chi connectivity index (χ3v) is 6.71. The SMILES string of the molecule is CCCCC/C=C\C/C=C\CCCCCCCC(=O)NCCCCCCCCCCCCCC. The van der Waals surface area contributed by atoms with Gasteiger partial charge in [-0.2, -0.15) is 0 Å². The van der Waals surface area contributed by atoms with Crippen LogP contribution in [-0.4, -0.2) is 12.5 Å². The van der Waals surface area contributed by atoms with Crippen molar-refractivity contribution in [3.8, 4) is 0 Å². The number of rotatable bonds is 27. The molecule has 2 nitrogen and oxygen atoms in total. The summed E-state index contributed by atoms with van der Waals surface area (Å²) in [7, 11) is 0. The van der Waals surface area contributed by atoms with E-state index < -0.39 is 0 Å². The molecule has 0 aromatic heterocycles. The second kappa shape index (κ2) is 30.0. The van der Waals surface area contributed by atoms with Crippen molar-refractivity contribution in [3.05, 3.63) is 24.3 Å². The molecule has 200 valence electrons. The average Bonchev–Trinajstić information content (AvgIpc) is 2.84. The van der Waals surface area contributed by atoms with Crippen molar-refractivity contribution in [1.29, 1.82) is 0 Å². The number of unbranched alkanes of at least 4 members (excludes halogenated alkanes) is 19. The minimum atomic E-state index is 0.258. The van der Waals surface area contributed by atoms with E-state index >= 15 is 0 Å². The Labute approximate surface area is 214 Å². The highest BCUT2D eigenvalue weighted by atomic mass is 16.1. The maximum Gasteiger partial charge on any atom is 0.219 e. The van der Waals surface area contributed by atoms with Crippen molar-refractivity contribution in [2.75, 3.05) is 6.54 Å². The van der Waals surface area contributed by atoms with Crippen molar-refractivity contribution in [1.82, 2.24) is 5.32 Å². The molecule has 0 saturated heterocycles. The van der Waals surface area contributed by atoms with Gasteiger partial charge in [0, 0.05) is 13.0 Å². The molecule has 0 rings (SSSR count). The number of carbonyl (C=O) groups is 1. The quantitative estimate of drug-likeness (QED) is 0.0928. The molecule has 0 aliphatic carbocycles. The van der Waals surface area contributed by atoms with Crippen molar-refractivity contribution in [2.45, 2.75) is 168 Å². The van der Waals surface area contributed by atoms with Gasteiger partial charge in [-0.1, -0.05) is 141 Å². The summed E-state index contributed by atoms with van der Waals surface area (Å²) in [5, 5.41) is 3.11. The lowest BCUT2D eigenvalue weighted by atomic mass is 10.1. The third kappa shape index (κ3) is 29.0. The van der Waals surface area contributed by atoms with Crippen LogP contribution in [0.1, 0.15) is 168 Å². The van der Waals surface area contributed by atoms with Crippen LogP contribution in [0.5, 0.6) is 0 Å². The molecule has 1 amide bonds. The number of nitrogens with one attached hydrogen (secondary N) is 1. The number of carbonyl (C=O) groups excluding carboxylic acids is 1. The molecule has 0 radical (unpaired) electrons. The van der Waals surface area contributed by atoms with Crippen LogP contribution < -0.4 is 5.32 Å². The minimum Gasteiger partial charge on any atom is -0.356 e. The molecule has 1 N–H and O–H groups in total. The summed E-state index contributed by atoms with van der Waals surface area (Å²) in [6, 6.07) is 0. The molecule has 0 spiro atoms. The van der Waals surface area contributed by atoms with E-state index in [2.05, 4.69) is 43.5 Å². The Morgan fingerprint density at radius 2 is 0.912 bits per heavy atom. The summed E-state index contributed by atoms with van der Waals surface area (Å²) < 4.78 is 0. The predicted octanol–water partition coefficient (Wildman–Crippen LogP) is 10.6. The van der Waals surface area contributed by atoms with Gasteiger partial charge >= 0.3 is 0 Å². The van der Waals surface area contributed by atoms with Gasteiger partial charge in [0.05, 0.1) is 0 Å². The molecule has 0 aromatic rings. The largest absolute Gasteiger partial charge is 0.356 e. The van der Waals surface area contributed by atoms with Crippen molar-refractivity contribution < 1.29 is 4.79 Å². The highest BCUT2D eigenvalue weighted by molar-refractivity contribution is 5.75. The Kier molecular flexibility index (Phi) is 29.1. The van der Waals surface area contributed by atoms with Gasteiger partial charge in [-0.25, -0.2) is 0 Å². The maximum atomic E-state index is 12.0. The van der Waals surface area contributed by atoms with Crippen molar-refractivity contribution in [2.24, 2.45) is 0 Å². The Morgan fingerprint density at radius 1 is 0.500 bits per heavy atom. The van der Waals surface area contributed by atoms with E-state index in [1.807, 2.05) is 0 Å². The van der Waals surface area contributed by atoms with E-state index in [1.54, 1.807) is 0 Å². The lowest BCUT2D eigenvalue weighted by Gasteiger charge is -2.06. The molecular weight excluding hydrogens is 414 g/mol. The van der Waals surface area contributed by atoms with Crippen LogP contribution in [-0.2, 0) is 4.79 Å². The average molecular weight is 476 g/mol. The summed E-state index contributed by atoms with van der Waals surface area (Å²) in [6.07, 6.45) is 39.9. The van der Waals surface area contributed by atoms with Crippen LogP contribution in [0.2, 0.25) is 0 Å². The summed E-state index contributed by atoms with van der Waals surface area (Å²) in [5.41, 5.74) is 0. The molecule has 34 heavy (non-hydrogen) atoms. The molecule has 0 atom stereocenters. The van der Waals surface area contributed by atoms with Gasteiger partial charge in [-0.3, -0.25) is 4.79 Å². The molecule has 0 aromatic carbocycles. The first kappa shape index (κ1) is 33.0. The van der Waals surface area contributed by atoms with E-state index in [9.17, 15) is 4.79 Å². The smallest absolute Gasteiger partial charge is 0.219 e. The lowest BCUT2D eigenvalue weighted by molar-refractivity contribution is -0.121. The summed E-state index contributed by atoms with van der Waals surface area (Å²) >= 11 is 0. The van der Waals surface area contributed by atoms with Crippen LogP contribution >= 0.6 is 0 Å². The van der Waals surface area contributed by atoms with Gasteiger partial charge < -0.3 is 5.32 Å². The normalized spacial score (nSPS) is 11.7. The Balaban J connectivity index is 3.23. The topological polar surface area (TPSA) is 29.1 Å². The zero-order chi connectivity index (χ0) is 24.8. The van der Waals surface area contributed by atoms with E-state index in [0.29, 0.717) is 6.42 Å². The van der Waals surface area contributed by atoms with Crippen LogP contribution in [0, 0.1) is 0 Å². The Hall–Kier alpha value is -1.05. The second-order valence-electron chi connectivity index (χ2n) is 10.2. The van der Waals surface area contributed by atoms with Gasteiger partial charge in [-0.05, 0) is 44.9 Å². The molecule has 0 aliphatic heterocycles. The standard InChI is InChI=1S/C32H61NO/c1-3-5-7-9-11-13-15-17-18-19-20-22-24-26-28-30-32(34)33-31-29-27-25-23-21-16-14-12-10-8-6-4-2/h11,13,17-18H,3-10,12,14-16,19-31H2,1-2H3,(H,33,34)/b13-11-,18-17-. The highest BCUT2D eigenvalue weighted by Crippen LogP contribution is 2.12. The summed E-state index contributed by atoms with van der Waals surface area (Å²) in [6.45, 7) is 5.41. The molecule has 0 heterocycles. The molecule has 0 unspecified atom stereocenters.